The Kier molecular flexibility index (Phi) is 4.42. The highest BCUT2D eigenvalue weighted by Crippen LogP contribution is 2.23. The summed E-state index contributed by atoms with van der Waals surface area (Å²) in [5.74, 6) is -0.390. The Morgan fingerprint density at radius 2 is 2.24 bits per heavy atom. The molecule has 0 aliphatic rings. The number of hydrogen-bond donors (Lipinski definition) is 1. The number of benzene rings is 1. The third-order valence-electron chi connectivity index (χ3n) is 2.18. The second-order valence-electron chi connectivity index (χ2n) is 3.37. The lowest BCUT2D eigenvalue weighted by atomic mass is 10.2. The van der Waals surface area contributed by atoms with E-state index in [9.17, 15) is 14.9 Å². The lowest BCUT2D eigenvalue weighted by Gasteiger charge is -2.16. The van der Waals surface area contributed by atoms with Crippen LogP contribution in [0.1, 0.15) is 10.4 Å². The van der Waals surface area contributed by atoms with Gasteiger partial charge >= 0.3 is 0 Å². The Bertz CT molecular complexity index is 450. The van der Waals surface area contributed by atoms with Crippen LogP contribution in [0.3, 0.4) is 0 Å². The minimum atomic E-state index is -0.586. The molecule has 0 fully saturated rings. The van der Waals surface area contributed by atoms with Crippen LogP contribution in [0.5, 0.6) is 0 Å². The summed E-state index contributed by atoms with van der Waals surface area (Å²) < 4.78 is 0. The highest BCUT2D eigenvalue weighted by molar-refractivity contribution is 6.34. The van der Waals surface area contributed by atoms with E-state index >= 15 is 0 Å². The molecule has 0 unspecified atom stereocenters. The minimum absolute atomic E-state index is 0.0222. The summed E-state index contributed by atoms with van der Waals surface area (Å²) in [4.78, 5) is 23.0. The van der Waals surface area contributed by atoms with Gasteiger partial charge in [-0.1, -0.05) is 11.6 Å². The van der Waals surface area contributed by atoms with E-state index in [1.54, 1.807) is 0 Å². The van der Waals surface area contributed by atoms with Gasteiger partial charge in [0.1, 0.15) is 0 Å². The first-order chi connectivity index (χ1) is 7.97. The van der Waals surface area contributed by atoms with Crippen LogP contribution >= 0.6 is 11.6 Å². The molecule has 0 atom stereocenters. The first kappa shape index (κ1) is 13.4. The maximum Gasteiger partial charge on any atom is 0.270 e. The number of carbonyl (C=O) groups is 1. The number of nitro groups is 1. The molecule has 6 nitrogen and oxygen atoms in total. The third kappa shape index (κ3) is 3.15. The molecule has 0 aliphatic carbocycles. The maximum atomic E-state index is 11.8. The molecule has 1 aromatic carbocycles. The Hall–Kier alpha value is -1.66. The topological polar surface area (TPSA) is 83.7 Å². The van der Waals surface area contributed by atoms with Crippen molar-refractivity contribution >= 4 is 23.2 Å². The first-order valence-corrected chi connectivity index (χ1v) is 5.15. The zero-order valence-electron chi connectivity index (χ0n) is 9.09. The van der Waals surface area contributed by atoms with E-state index in [0.29, 0.717) is 0 Å². The van der Waals surface area contributed by atoms with E-state index in [4.69, 9.17) is 16.7 Å². The summed E-state index contributed by atoms with van der Waals surface area (Å²) >= 11 is 5.80. The van der Waals surface area contributed by atoms with Crippen molar-refractivity contribution in [3.63, 3.8) is 0 Å². The molecule has 17 heavy (non-hydrogen) atoms. The molecule has 0 aliphatic heterocycles. The van der Waals surface area contributed by atoms with Crippen LogP contribution in [0.25, 0.3) is 0 Å². The summed E-state index contributed by atoms with van der Waals surface area (Å²) in [6.07, 6.45) is 0. The molecule has 7 heteroatoms. The third-order valence-corrected chi connectivity index (χ3v) is 2.49. The summed E-state index contributed by atoms with van der Waals surface area (Å²) in [5.41, 5.74) is 0.00424. The number of halogens is 1. The fourth-order valence-corrected chi connectivity index (χ4v) is 1.50. The Morgan fingerprint density at radius 3 is 2.71 bits per heavy atom. The zero-order valence-corrected chi connectivity index (χ0v) is 9.85. The van der Waals surface area contributed by atoms with Crippen LogP contribution < -0.4 is 0 Å². The number of likely N-dealkylation sites (N-methyl/N-ethyl adjacent to an activating group) is 1. The first-order valence-electron chi connectivity index (χ1n) is 4.77. The standard InChI is InChI=1S/C10H11ClN2O4/c1-12(4-5-14)10(15)8-3-2-7(13(16)17)6-9(8)11/h2-3,6,14H,4-5H2,1H3. The van der Waals surface area contributed by atoms with Gasteiger partial charge in [-0.2, -0.15) is 0 Å². The number of hydrogen-bond acceptors (Lipinski definition) is 4. The number of nitrogens with zero attached hydrogens (tertiary/aromatic N) is 2. The number of aliphatic hydroxyl groups is 1. The van der Waals surface area contributed by atoms with E-state index in [2.05, 4.69) is 0 Å². The van der Waals surface area contributed by atoms with Crippen LogP contribution in [0.4, 0.5) is 5.69 Å². The molecule has 0 heterocycles. The molecule has 1 amide bonds. The van der Waals surface area contributed by atoms with Gasteiger partial charge in [-0.25, -0.2) is 0 Å². The molecule has 0 aromatic heterocycles. The van der Waals surface area contributed by atoms with Gasteiger partial charge in [0.25, 0.3) is 11.6 Å². The van der Waals surface area contributed by atoms with Gasteiger partial charge in [0.2, 0.25) is 0 Å². The molecule has 1 aromatic rings. The van der Waals surface area contributed by atoms with Crippen LogP contribution in [-0.2, 0) is 0 Å². The lowest BCUT2D eigenvalue weighted by molar-refractivity contribution is -0.384. The highest BCUT2D eigenvalue weighted by atomic mass is 35.5. The predicted molar refractivity (Wildman–Crippen MR) is 62.2 cm³/mol. The zero-order chi connectivity index (χ0) is 13.0. The highest BCUT2D eigenvalue weighted by Gasteiger charge is 2.17. The van der Waals surface area contributed by atoms with Gasteiger partial charge in [0.15, 0.2) is 0 Å². The Balaban J connectivity index is 3.00. The van der Waals surface area contributed by atoms with Crippen molar-refractivity contribution in [2.24, 2.45) is 0 Å². The van der Waals surface area contributed by atoms with Gasteiger partial charge < -0.3 is 10.0 Å². The van der Waals surface area contributed by atoms with Crippen LogP contribution in [0.2, 0.25) is 5.02 Å². The van der Waals surface area contributed by atoms with Gasteiger partial charge in [0, 0.05) is 25.7 Å². The SMILES string of the molecule is CN(CCO)C(=O)c1ccc([N+](=O)[O-])cc1Cl. The minimum Gasteiger partial charge on any atom is -0.395 e. The molecular formula is C10H11ClN2O4. The molecular weight excluding hydrogens is 248 g/mol. The van der Waals surface area contributed by atoms with Gasteiger partial charge in [0.05, 0.1) is 22.1 Å². The molecule has 0 saturated carbocycles. The van der Waals surface area contributed by atoms with Crippen molar-refractivity contribution in [3.05, 3.63) is 38.9 Å². The number of non-ortho nitro benzene ring substituents is 1. The molecule has 1 N–H and O–H groups in total. The van der Waals surface area contributed by atoms with E-state index in [-0.39, 0.29) is 35.3 Å². The number of amides is 1. The smallest absolute Gasteiger partial charge is 0.270 e. The predicted octanol–water partition coefficient (Wildman–Crippen LogP) is 1.31. The summed E-state index contributed by atoms with van der Waals surface area (Å²) in [5, 5.41) is 19.2. The average Bonchev–Trinajstić information content (AvgIpc) is 2.28. The van der Waals surface area contributed by atoms with Crippen molar-refractivity contribution < 1.29 is 14.8 Å². The van der Waals surface area contributed by atoms with Crippen LogP contribution in [0, 0.1) is 10.1 Å². The number of carbonyl (C=O) groups excluding carboxylic acids is 1. The molecule has 1 rings (SSSR count). The quantitative estimate of drug-likeness (QED) is 0.652. The fraction of sp³-hybridized carbons (Fsp3) is 0.300. The number of nitro benzene ring substituents is 1. The van der Waals surface area contributed by atoms with E-state index in [1.807, 2.05) is 0 Å². The largest absolute Gasteiger partial charge is 0.395 e. The number of rotatable bonds is 4. The van der Waals surface area contributed by atoms with Crippen molar-refractivity contribution in [1.29, 1.82) is 0 Å². The molecule has 0 radical (unpaired) electrons. The molecule has 0 bridgehead atoms. The van der Waals surface area contributed by atoms with Gasteiger partial charge in [-0.15, -0.1) is 0 Å². The fourth-order valence-electron chi connectivity index (χ4n) is 1.25. The van der Waals surface area contributed by atoms with Gasteiger partial charge in [-0.3, -0.25) is 14.9 Å². The Morgan fingerprint density at radius 1 is 1.59 bits per heavy atom. The average molecular weight is 259 g/mol. The van der Waals surface area contributed by atoms with Crippen LogP contribution in [0.15, 0.2) is 18.2 Å². The summed E-state index contributed by atoms with van der Waals surface area (Å²) in [6.45, 7) is 0.0129. The summed E-state index contributed by atoms with van der Waals surface area (Å²) in [6, 6.07) is 3.64. The second kappa shape index (κ2) is 5.60. The van der Waals surface area contributed by atoms with E-state index in [0.717, 1.165) is 6.07 Å². The van der Waals surface area contributed by atoms with Crippen molar-refractivity contribution in [2.45, 2.75) is 0 Å². The summed E-state index contributed by atoms with van der Waals surface area (Å²) in [7, 11) is 1.51. The Labute approximate surface area is 103 Å². The van der Waals surface area contributed by atoms with Crippen molar-refractivity contribution in [2.75, 3.05) is 20.2 Å². The molecule has 0 spiro atoms. The maximum absolute atomic E-state index is 11.8. The monoisotopic (exact) mass is 258 g/mol. The van der Waals surface area contributed by atoms with E-state index in [1.165, 1.54) is 24.1 Å². The van der Waals surface area contributed by atoms with Crippen molar-refractivity contribution in [1.82, 2.24) is 4.90 Å². The normalized spacial score (nSPS) is 10.1. The van der Waals surface area contributed by atoms with Crippen molar-refractivity contribution in [3.8, 4) is 0 Å². The second-order valence-corrected chi connectivity index (χ2v) is 3.78. The van der Waals surface area contributed by atoms with Crippen LogP contribution in [-0.4, -0.2) is 41.0 Å². The van der Waals surface area contributed by atoms with E-state index < -0.39 is 4.92 Å². The molecule has 92 valence electrons. The van der Waals surface area contributed by atoms with Gasteiger partial charge in [-0.05, 0) is 6.07 Å². The lowest BCUT2D eigenvalue weighted by Crippen LogP contribution is -2.29. The molecule has 0 saturated heterocycles. The number of aliphatic hydroxyl groups excluding tert-OH is 1.